The molecule has 8 heteroatoms. The lowest BCUT2D eigenvalue weighted by molar-refractivity contribution is 0.248. The zero-order chi connectivity index (χ0) is 22.2. The van der Waals surface area contributed by atoms with Crippen molar-refractivity contribution in [2.24, 2.45) is 0 Å². The van der Waals surface area contributed by atoms with Crippen molar-refractivity contribution in [3.05, 3.63) is 83.7 Å². The Morgan fingerprint density at radius 2 is 1.69 bits per heavy atom. The third kappa shape index (κ3) is 6.20. The number of rotatable bonds is 4. The van der Waals surface area contributed by atoms with E-state index in [2.05, 4.69) is 49.4 Å². The molecular weight excluding hydrogens is 422 g/mol. The normalized spacial score (nSPS) is 17.1. The maximum Gasteiger partial charge on any atom is 0.225 e. The molecule has 3 aromatic rings. The minimum Gasteiger partial charge on any atom is -0.768 e. The Balaban J connectivity index is 0.000000203. The Bertz CT molecular complexity index is 1000. The molecule has 2 aliphatic heterocycles. The van der Waals surface area contributed by atoms with E-state index in [1.54, 1.807) is 30.6 Å². The molecule has 7 nitrogen and oxygen atoms in total. The van der Waals surface area contributed by atoms with Gasteiger partial charge in [-0.25, -0.2) is 9.97 Å². The summed E-state index contributed by atoms with van der Waals surface area (Å²) in [5, 5.41) is 3.34. The molecule has 0 saturated carbocycles. The first-order valence-electron chi connectivity index (χ1n) is 10.9. The number of nitrogens with zero attached hydrogens (tertiary/aromatic N) is 4. The molecule has 2 aliphatic rings. The maximum atomic E-state index is 11.0. The van der Waals surface area contributed by atoms with E-state index in [9.17, 15) is 8.76 Å². The lowest BCUT2D eigenvalue weighted by atomic mass is 10.0. The average molecular weight is 451 g/mol. The van der Waals surface area contributed by atoms with Gasteiger partial charge >= 0.3 is 0 Å². The molecule has 0 radical (unpaired) electrons. The number of aromatic nitrogens is 2. The Morgan fingerprint density at radius 1 is 0.938 bits per heavy atom. The molecule has 2 aromatic carbocycles. The fourth-order valence-electron chi connectivity index (χ4n) is 3.99. The lowest BCUT2D eigenvalue weighted by Crippen LogP contribution is -2.46. The summed E-state index contributed by atoms with van der Waals surface area (Å²) in [7, 11) is 0. The molecule has 1 aromatic heterocycles. The monoisotopic (exact) mass is 450 g/mol. The Kier molecular flexibility index (Phi) is 7.95. The smallest absolute Gasteiger partial charge is 0.225 e. The molecule has 3 heterocycles. The molecule has 0 amide bonds. The third-order valence-electron chi connectivity index (χ3n) is 5.71. The van der Waals surface area contributed by atoms with Crippen LogP contribution in [0.25, 0.3) is 0 Å². The Labute approximate surface area is 191 Å². The first-order valence-corrected chi connectivity index (χ1v) is 12.0. The van der Waals surface area contributed by atoms with Crippen LogP contribution < -0.4 is 10.2 Å². The van der Waals surface area contributed by atoms with Gasteiger partial charge in [-0.15, -0.1) is 0 Å². The standard InChI is InChI=1S/C15H18N4O2S.C9H11N/c20-22(21)14-4-1-3-13(11-14)12-18-7-9-19(10-8-18)15-16-5-2-6-17-15;1-2-4-9-7-10-6-5-8(9)3-1/h1-6,11H,7-10,12H2,(H,20,21);1-4,10H,5-7H2/p-1. The fourth-order valence-corrected chi connectivity index (χ4v) is 4.42. The second-order valence-corrected chi connectivity index (χ2v) is 8.83. The lowest BCUT2D eigenvalue weighted by Gasteiger charge is -2.34. The highest BCUT2D eigenvalue weighted by Gasteiger charge is 2.18. The average Bonchev–Trinajstić information content (AvgIpc) is 2.86. The van der Waals surface area contributed by atoms with Gasteiger partial charge in [0.15, 0.2) is 0 Å². The minimum absolute atomic E-state index is 0.342. The van der Waals surface area contributed by atoms with Crippen LogP contribution in [0, 0.1) is 0 Å². The van der Waals surface area contributed by atoms with Crippen LogP contribution in [0.3, 0.4) is 0 Å². The summed E-state index contributed by atoms with van der Waals surface area (Å²) >= 11 is -2.17. The number of fused-ring (bicyclic) bond motifs is 1. The summed E-state index contributed by atoms with van der Waals surface area (Å²) in [5.41, 5.74) is 4.00. The Morgan fingerprint density at radius 3 is 2.41 bits per heavy atom. The van der Waals surface area contributed by atoms with Crippen LogP contribution in [0.4, 0.5) is 5.95 Å². The summed E-state index contributed by atoms with van der Waals surface area (Å²) in [6.45, 7) is 6.50. The highest BCUT2D eigenvalue weighted by molar-refractivity contribution is 7.79. The van der Waals surface area contributed by atoms with Crippen molar-refractivity contribution < 1.29 is 8.76 Å². The Hall–Kier alpha value is -2.65. The second-order valence-electron chi connectivity index (χ2n) is 7.89. The van der Waals surface area contributed by atoms with Crippen LogP contribution in [0.5, 0.6) is 0 Å². The van der Waals surface area contributed by atoms with Crippen molar-refractivity contribution in [3.8, 4) is 0 Å². The predicted molar refractivity (Wildman–Crippen MR) is 125 cm³/mol. The van der Waals surface area contributed by atoms with Crippen LogP contribution in [0.1, 0.15) is 16.7 Å². The molecule has 1 fully saturated rings. The van der Waals surface area contributed by atoms with Gasteiger partial charge in [0, 0.05) is 56.6 Å². The summed E-state index contributed by atoms with van der Waals surface area (Å²) < 4.78 is 22.0. The molecule has 0 aliphatic carbocycles. The fraction of sp³-hybridized carbons (Fsp3) is 0.333. The summed E-state index contributed by atoms with van der Waals surface area (Å²) in [6.07, 6.45) is 4.70. The molecule has 1 N–H and O–H groups in total. The molecule has 1 saturated heterocycles. The molecule has 32 heavy (non-hydrogen) atoms. The van der Waals surface area contributed by atoms with Gasteiger partial charge in [0.1, 0.15) is 0 Å². The highest BCUT2D eigenvalue weighted by atomic mass is 32.2. The van der Waals surface area contributed by atoms with Crippen LogP contribution in [-0.2, 0) is 30.6 Å². The van der Waals surface area contributed by atoms with E-state index in [1.165, 1.54) is 17.5 Å². The minimum atomic E-state index is -2.17. The number of hydrogen-bond donors (Lipinski definition) is 1. The van der Waals surface area contributed by atoms with Gasteiger partial charge in [-0.3, -0.25) is 9.11 Å². The van der Waals surface area contributed by atoms with Gasteiger partial charge < -0.3 is 14.8 Å². The number of benzene rings is 2. The van der Waals surface area contributed by atoms with Gasteiger partial charge in [-0.1, -0.05) is 36.4 Å². The zero-order valence-corrected chi connectivity index (χ0v) is 18.8. The van der Waals surface area contributed by atoms with E-state index in [4.69, 9.17) is 0 Å². The molecule has 0 spiro atoms. The number of anilines is 1. The number of piperazine rings is 1. The van der Waals surface area contributed by atoms with E-state index in [1.807, 2.05) is 12.1 Å². The van der Waals surface area contributed by atoms with E-state index < -0.39 is 11.1 Å². The molecular formula is C24H28N5O2S-. The van der Waals surface area contributed by atoms with Crippen molar-refractivity contribution >= 4 is 17.0 Å². The quantitative estimate of drug-likeness (QED) is 0.611. The van der Waals surface area contributed by atoms with Crippen LogP contribution >= 0.6 is 0 Å². The van der Waals surface area contributed by atoms with Gasteiger partial charge in [-0.2, -0.15) is 0 Å². The van der Waals surface area contributed by atoms with Crippen LogP contribution in [0.15, 0.2) is 71.9 Å². The van der Waals surface area contributed by atoms with E-state index in [-0.39, 0.29) is 0 Å². The highest BCUT2D eigenvalue weighted by Crippen LogP contribution is 2.15. The van der Waals surface area contributed by atoms with Crippen molar-refractivity contribution in [3.63, 3.8) is 0 Å². The van der Waals surface area contributed by atoms with E-state index in [0.717, 1.165) is 57.3 Å². The summed E-state index contributed by atoms with van der Waals surface area (Å²) in [5.74, 6) is 0.769. The number of nitrogens with one attached hydrogen (secondary N) is 1. The van der Waals surface area contributed by atoms with Gasteiger partial charge in [0.05, 0.1) is 0 Å². The molecule has 1 unspecified atom stereocenters. The molecule has 1 atom stereocenters. The van der Waals surface area contributed by atoms with E-state index >= 15 is 0 Å². The van der Waals surface area contributed by atoms with Crippen molar-refractivity contribution in [1.82, 2.24) is 20.2 Å². The van der Waals surface area contributed by atoms with Gasteiger partial charge in [-0.05, 0) is 58.9 Å². The molecule has 168 valence electrons. The first-order chi connectivity index (χ1) is 15.7. The summed E-state index contributed by atoms with van der Waals surface area (Å²) in [6, 6.07) is 17.5. The largest absolute Gasteiger partial charge is 0.768 e. The van der Waals surface area contributed by atoms with Crippen LogP contribution in [0.2, 0.25) is 0 Å². The van der Waals surface area contributed by atoms with Gasteiger partial charge in [0.2, 0.25) is 5.95 Å². The second kappa shape index (κ2) is 11.3. The van der Waals surface area contributed by atoms with Crippen LogP contribution in [-0.4, -0.2) is 56.4 Å². The SMILES string of the molecule is O=S([O-])c1cccc(CN2CCN(c3ncccn3)CC2)c1.c1ccc2c(c1)CCNC2. The summed E-state index contributed by atoms with van der Waals surface area (Å²) in [4.78, 5) is 13.4. The third-order valence-corrected chi connectivity index (χ3v) is 6.35. The van der Waals surface area contributed by atoms with Gasteiger partial charge in [0.25, 0.3) is 0 Å². The van der Waals surface area contributed by atoms with Crippen molar-refractivity contribution in [1.29, 1.82) is 0 Å². The van der Waals surface area contributed by atoms with E-state index in [0.29, 0.717) is 4.90 Å². The predicted octanol–water partition coefficient (Wildman–Crippen LogP) is 2.37. The van der Waals surface area contributed by atoms with Crippen molar-refractivity contribution in [2.45, 2.75) is 24.4 Å². The number of hydrogen-bond acceptors (Lipinski definition) is 7. The van der Waals surface area contributed by atoms with Crippen molar-refractivity contribution in [2.75, 3.05) is 37.6 Å². The first kappa shape index (κ1) is 22.5. The molecule has 5 rings (SSSR count). The topological polar surface area (TPSA) is 84.4 Å². The molecule has 0 bridgehead atoms. The zero-order valence-electron chi connectivity index (χ0n) is 18.0. The maximum absolute atomic E-state index is 11.0.